The summed E-state index contributed by atoms with van der Waals surface area (Å²) >= 11 is 0. The summed E-state index contributed by atoms with van der Waals surface area (Å²) in [7, 11) is 5.18. The van der Waals surface area contributed by atoms with Crippen LogP contribution in [0, 0.1) is 5.92 Å². The number of amides is 1. The molecule has 3 aromatic heterocycles. The molecule has 12 heteroatoms. The van der Waals surface area contributed by atoms with E-state index in [1.54, 1.807) is 63.9 Å². The maximum atomic E-state index is 13.1. The molecule has 12 nitrogen and oxygen atoms in total. The molecule has 1 aromatic carbocycles. The van der Waals surface area contributed by atoms with Gasteiger partial charge in [-0.2, -0.15) is 5.10 Å². The minimum Gasteiger partial charge on any atom is -0.493 e. The zero-order valence-electron chi connectivity index (χ0n) is 22.8. The maximum absolute atomic E-state index is 13.1. The number of pyridine rings is 2. The summed E-state index contributed by atoms with van der Waals surface area (Å²) in [4.78, 5) is 24.0. The number of likely N-dealkylation sites (tertiary alicyclic amines) is 1. The molecular formula is C28H32N6O6. The van der Waals surface area contributed by atoms with Crippen LogP contribution in [0.4, 0.5) is 5.82 Å². The van der Waals surface area contributed by atoms with Gasteiger partial charge in [0.05, 0.1) is 51.4 Å². The Morgan fingerprint density at radius 1 is 1.10 bits per heavy atom. The maximum Gasteiger partial charge on any atom is 0.281 e. The van der Waals surface area contributed by atoms with E-state index in [4.69, 9.17) is 18.9 Å². The molecule has 1 aliphatic heterocycles. The number of nitrogens with one attached hydrogen (secondary N) is 1. The second-order valence-corrected chi connectivity index (χ2v) is 9.78. The van der Waals surface area contributed by atoms with Crippen molar-refractivity contribution in [2.45, 2.75) is 19.6 Å². The highest BCUT2D eigenvalue weighted by Gasteiger charge is 2.26. The number of hydrogen-bond acceptors (Lipinski definition) is 10. The van der Waals surface area contributed by atoms with Crippen molar-refractivity contribution in [1.82, 2.24) is 24.6 Å². The Kier molecular flexibility index (Phi) is 7.99. The molecule has 4 aromatic rings. The van der Waals surface area contributed by atoms with Crippen LogP contribution < -0.4 is 24.3 Å². The number of aliphatic hydroxyl groups excluding tert-OH is 1. The van der Waals surface area contributed by atoms with Crippen molar-refractivity contribution in [1.29, 1.82) is 0 Å². The van der Waals surface area contributed by atoms with Crippen LogP contribution in [0.2, 0.25) is 0 Å². The monoisotopic (exact) mass is 548 g/mol. The first-order chi connectivity index (χ1) is 19.3. The lowest BCUT2D eigenvalue weighted by atomic mass is 10.0. The number of fused-ring (bicyclic) bond motifs is 1. The summed E-state index contributed by atoms with van der Waals surface area (Å²) in [6.45, 7) is 4.26. The van der Waals surface area contributed by atoms with Crippen molar-refractivity contribution in [3.8, 4) is 28.7 Å². The zero-order chi connectivity index (χ0) is 28.2. The number of hydrogen-bond donors (Lipinski definition) is 2. The van der Waals surface area contributed by atoms with Crippen molar-refractivity contribution >= 4 is 22.6 Å². The normalized spacial score (nSPS) is 14.4. The largest absolute Gasteiger partial charge is 0.493 e. The number of benzene rings is 1. The number of anilines is 1. The van der Waals surface area contributed by atoms with Crippen LogP contribution >= 0.6 is 0 Å². The third kappa shape index (κ3) is 6.08. The fraction of sp³-hybridized carbons (Fsp3) is 0.357. The van der Waals surface area contributed by atoms with E-state index in [1.807, 2.05) is 7.05 Å². The highest BCUT2D eigenvalue weighted by molar-refractivity contribution is 6.04. The molecule has 1 fully saturated rings. The van der Waals surface area contributed by atoms with Gasteiger partial charge < -0.3 is 34.3 Å². The molecule has 0 saturated carbocycles. The predicted octanol–water partition coefficient (Wildman–Crippen LogP) is 3.21. The summed E-state index contributed by atoms with van der Waals surface area (Å²) in [6, 6.07) is 8.67. The molecule has 2 N–H and O–H groups in total. The lowest BCUT2D eigenvalue weighted by molar-refractivity contribution is 0.0843. The van der Waals surface area contributed by atoms with Crippen LogP contribution in [0.5, 0.6) is 28.7 Å². The quantitative estimate of drug-likeness (QED) is 0.288. The average Bonchev–Trinajstić information content (AvgIpc) is 3.32. The topological polar surface area (TPSA) is 133 Å². The van der Waals surface area contributed by atoms with Crippen LogP contribution in [0.3, 0.4) is 0 Å². The molecule has 5 rings (SSSR count). The van der Waals surface area contributed by atoms with Crippen LogP contribution in [-0.4, -0.2) is 82.7 Å². The molecular weight excluding hydrogens is 516 g/mol. The van der Waals surface area contributed by atoms with Gasteiger partial charge in [-0.25, -0.2) is 4.98 Å². The van der Waals surface area contributed by atoms with Crippen LogP contribution in [0.15, 0.2) is 48.9 Å². The molecule has 1 saturated heterocycles. The SMILES string of the molecule is COc1cc2nccc(Oc3ccc(NC(=O)c4nn(CC(C)O)cc4OCC4CN(C)C4)nc3)c2cc1OC. The fourth-order valence-electron chi connectivity index (χ4n) is 4.52. The molecule has 210 valence electrons. The summed E-state index contributed by atoms with van der Waals surface area (Å²) in [5, 5.41) is 17.6. The second kappa shape index (κ2) is 11.8. The Hall–Kier alpha value is -4.42. The molecule has 0 radical (unpaired) electrons. The van der Waals surface area contributed by atoms with Gasteiger partial charge in [0.25, 0.3) is 5.91 Å². The summed E-state index contributed by atoms with van der Waals surface area (Å²) < 4.78 is 24.3. The molecule has 1 amide bonds. The van der Waals surface area contributed by atoms with Crippen LogP contribution in [-0.2, 0) is 6.54 Å². The minimum atomic E-state index is -0.626. The first kappa shape index (κ1) is 27.2. The number of carbonyl (C=O) groups is 1. The lowest BCUT2D eigenvalue weighted by Crippen LogP contribution is -2.46. The van der Waals surface area contributed by atoms with E-state index in [-0.39, 0.29) is 12.2 Å². The first-order valence-corrected chi connectivity index (χ1v) is 12.9. The zero-order valence-corrected chi connectivity index (χ0v) is 22.8. The molecule has 0 spiro atoms. The number of methoxy groups -OCH3 is 2. The highest BCUT2D eigenvalue weighted by Crippen LogP contribution is 2.36. The highest BCUT2D eigenvalue weighted by atomic mass is 16.5. The van der Waals surface area contributed by atoms with Gasteiger partial charge in [-0.1, -0.05) is 0 Å². The van der Waals surface area contributed by atoms with Gasteiger partial charge in [-0.3, -0.25) is 14.5 Å². The molecule has 1 aliphatic rings. The molecule has 40 heavy (non-hydrogen) atoms. The van der Waals surface area contributed by atoms with E-state index in [0.29, 0.717) is 52.6 Å². The van der Waals surface area contributed by atoms with Crippen LogP contribution in [0.25, 0.3) is 10.9 Å². The number of nitrogens with zero attached hydrogens (tertiary/aromatic N) is 5. The number of ether oxygens (including phenoxy) is 4. The number of aromatic nitrogens is 4. The number of aliphatic hydroxyl groups is 1. The molecule has 1 atom stereocenters. The lowest BCUT2D eigenvalue weighted by Gasteiger charge is -2.35. The third-order valence-electron chi connectivity index (χ3n) is 6.42. The van der Waals surface area contributed by atoms with Crippen molar-refractivity contribution < 1.29 is 28.8 Å². The van der Waals surface area contributed by atoms with Crippen LogP contribution in [0.1, 0.15) is 17.4 Å². The van der Waals surface area contributed by atoms with E-state index in [2.05, 4.69) is 25.3 Å². The van der Waals surface area contributed by atoms with Gasteiger partial charge in [-0.05, 0) is 38.2 Å². The summed E-state index contributed by atoms with van der Waals surface area (Å²) in [5.41, 5.74) is 0.812. The minimum absolute atomic E-state index is 0.128. The van der Waals surface area contributed by atoms with E-state index in [9.17, 15) is 9.90 Å². The predicted molar refractivity (Wildman–Crippen MR) is 148 cm³/mol. The van der Waals surface area contributed by atoms with E-state index in [1.165, 1.54) is 10.9 Å². The smallest absolute Gasteiger partial charge is 0.281 e. The van der Waals surface area contributed by atoms with Gasteiger partial charge in [0, 0.05) is 36.7 Å². The van der Waals surface area contributed by atoms with E-state index in [0.717, 1.165) is 18.5 Å². The van der Waals surface area contributed by atoms with E-state index >= 15 is 0 Å². The molecule has 1 unspecified atom stereocenters. The van der Waals surface area contributed by atoms with Crippen molar-refractivity contribution in [3.05, 3.63) is 54.6 Å². The average molecular weight is 549 g/mol. The molecule has 0 bridgehead atoms. The van der Waals surface area contributed by atoms with Gasteiger partial charge in [0.1, 0.15) is 17.3 Å². The molecule has 0 aliphatic carbocycles. The Bertz CT molecular complexity index is 1480. The summed E-state index contributed by atoms with van der Waals surface area (Å²) in [6.07, 6.45) is 4.17. The van der Waals surface area contributed by atoms with Crippen molar-refractivity contribution in [2.75, 3.05) is 46.3 Å². The third-order valence-corrected chi connectivity index (χ3v) is 6.42. The standard InChI is InChI=1S/C28H32N6O6/c1-17(35)12-34-15-25(39-16-18-13-33(2)14-18)27(32-34)28(36)31-26-6-5-19(11-30-26)40-22-7-8-29-21-10-24(38-4)23(37-3)9-20(21)22/h5-11,15,17-18,35H,12-14,16H2,1-4H3,(H,30,31,36). The van der Waals surface area contributed by atoms with Crippen molar-refractivity contribution in [2.24, 2.45) is 5.92 Å². The molecule has 4 heterocycles. The first-order valence-electron chi connectivity index (χ1n) is 12.9. The Labute approximate surface area is 231 Å². The second-order valence-electron chi connectivity index (χ2n) is 9.78. The van der Waals surface area contributed by atoms with Gasteiger partial charge in [0.2, 0.25) is 0 Å². The van der Waals surface area contributed by atoms with Gasteiger partial charge in [0.15, 0.2) is 22.9 Å². The van der Waals surface area contributed by atoms with Gasteiger partial charge in [-0.15, -0.1) is 0 Å². The fourth-order valence-corrected chi connectivity index (χ4v) is 4.52. The van der Waals surface area contributed by atoms with Gasteiger partial charge >= 0.3 is 0 Å². The van der Waals surface area contributed by atoms with Crippen molar-refractivity contribution in [3.63, 3.8) is 0 Å². The number of rotatable bonds is 11. The summed E-state index contributed by atoms with van der Waals surface area (Å²) in [5.74, 6) is 2.78. The Morgan fingerprint density at radius 2 is 1.88 bits per heavy atom. The Balaban J connectivity index is 1.29. The van der Waals surface area contributed by atoms with E-state index < -0.39 is 12.0 Å². The number of carbonyl (C=O) groups excluding carboxylic acids is 1. The Morgan fingerprint density at radius 3 is 2.55 bits per heavy atom.